The molecule has 0 atom stereocenters. The fraction of sp³-hybridized carbons (Fsp3) is 0.652. The van der Waals surface area contributed by atoms with Gasteiger partial charge in [0.25, 0.3) is 0 Å². The summed E-state index contributed by atoms with van der Waals surface area (Å²) in [6.07, 6.45) is 3.98. The van der Waals surface area contributed by atoms with Gasteiger partial charge in [0, 0.05) is 44.7 Å². The highest BCUT2D eigenvalue weighted by atomic mass is 32.2. The number of benzene rings is 1. The van der Waals surface area contributed by atoms with Crippen molar-refractivity contribution in [3.05, 3.63) is 28.7 Å². The van der Waals surface area contributed by atoms with E-state index in [-0.39, 0.29) is 28.3 Å². The number of rotatable bonds is 5. The minimum Gasteiger partial charge on any atom is -0.408 e. The summed E-state index contributed by atoms with van der Waals surface area (Å²) in [5.74, 6) is 0.615. The monoisotopic (exact) mass is 463 g/mol. The van der Waals surface area contributed by atoms with Crippen molar-refractivity contribution in [3.63, 3.8) is 0 Å². The van der Waals surface area contributed by atoms with Gasteiger partial charge in [-0.1, -0.05) is 6.92 Å². The maximum absolute atomic E-state index is 13.2. The van der Waals surface area contributed by atoms with Crippen molar-refractivity contribution in [1.82, 2.24) is 13.8 Å². The summed E-state index contributed by atoms with van der Waals surface area (Å²) >= 11 is 0. The van der Waals surface area contributed by atoms with Crippen molar-refractivity contribution in [1.29, 1.82) is 0 Å². The molecule has 0 bridgehead atoms. The van der Waals surface area contributed by atoms with Gasteiger partial charge >= 0.3 is 5.76 Å². The number of aromatic nitrogens is 1. The molecule has 0 unspecified atom stereocenters. The van der Waals surface area contributed by atoms with E-state index in [0.717, 1.165) is 25.9 Å². The highest BCUT2D eigenvalue weighted by Gasteiger charge is 2.32. The molecule has 32 heavy (non-hydrogen) atoms. The maximum Gasteiger partial charge on any atom is 0.420 e. The molecule has 8 nitrogen and oxygen atoms in total. The minimum absolute atomic E-state index is 0.0821. The highest BCUT2D eigenvalue weighted by molar-refractivity contribution is 7.89. The van der Waals surface area contributed by atoms with Crippen molar-refractivity contribution < 1.29 is 17.6 Å². The summed E-state index contributed by atoms with van der Waals surface area (Å²) in [5.41, 5.74) is 0.870. The lowest BCUT2D eigenvalue weighted by Crippen LogP contribution is -2.42. The quantitative estimate of drug-likeness (QED) is 0.679. The standard InChI is InChI=1S/C23H33N3O5S/c1-16(2)26-20-5-4-19(15-21(20)31-23(26)28)32(29,30)25-12-8-18(9-13-25)14-22(27)24-10-6-17(3)7-11-24/h4-5,15-18H,6-14H2,1-3H3. The number of hydrogen-bond donors (Lipinski definition) is 0. The van der Waals surface area contributed by atoms with E-state index in [4.69, 9.17) is 4.42 Å². The van der Waals surface area contributed by atoms with Crippen LogP contribution in [0.25, 0.3) is 11.1 Å². The summed E-state index contributed by atoms with van der Waals surface area (Å²) < 4.78 is 34.7. The summed E-state index contributed by atoms with van der Waals surface area (Å²) in [7, 11) is -3.69. The Balaban J connectivity index is 1.40. The second kappa shape index (κ2) is 9.02. The van der Waals surface area contributed by atoms with Crippen LogP contribution in [0, 0.1) is 11.8 Å². The molecule has 3 heterocycles. The van der Waals surface area contributed by atoms with Crippen molar-refractivity contribution in [3.8, 4) is 0 Å². The van der Waals surface area contributed by atoms with Gasteiger partial charge in [-0.3, -0.25) is 9.36 Å². The molecule has 4 rings (SSSR count). The maximum atomic E-state index is 13.2. The predicted molar refractivity (Wildman–Crippen MR) is 122 cm³/mol. The van der Waals surface area contributed by atoms with Gasteiger partial charge in [0.15, 0.2) is 5.58 Å². The third-order valence-electron chi connectivity index (χ3n) is 6.91. The normalized spacial score (nSPS) is 19.8. The predicted octanol–water partition coefficient (Wildman–Crippen LogP) is 3.22. The van der Waals surface area contributed by atoms with Gasteiger partial charge < -0.3 is 9.32 Å². The van der Waals surface area contributed by atoms with Crippen LogP contribution in [0.15, 0.2) is 32.3 Å². The third kappa shape index (κ3) is 4.50. The zero-order valence-electron chi connectivity index (χ0n) is 19.1. The molecule has 9 heteroatoms. The first kappa shape index (κ1) is 23.0. The Bertz CT molecular complexity index is 1130. The Morgan fingerprint density at radius 2 is 1.75 bits per heavy atom. The SMILES string of the molecule is CC1CCN(C(=O)CC2CCN(S(=O)(=O)c3ccc4c(c3)oc(=O)n4C(C)C)CC2)CC1. The Kier molecular flexibility index (Phi) is 6.49. The van der Waals surface area contributed by atoms with Gasteiger partial charge in [0.1, 0.15) is 0 Å². The lowest BCUT2D eigenvalue weighted by Gasteiger charge is -2.34. The molecule has 1 aromatic heterocycles. The molecule has 1 aromatic carbocycles. The van der Waals surface area contributed by atoms with Crippen LogP contribution in [0.4, 0.5) is 0 Å². The van der Waals surface area contributed by atoms with E-state index in [2.05, 4.69) is 6.92 Å². The van der Waals surface area contributed by atoms with Crippen molar-refractivity contribution >= 4 is 27.0 Å². The fourth-order valence-corrected chi connectivity index (χ4v) is 6.29. The number of carbonyl (C=O) groups is 1. The van der Waals surface area contributed by atoms with Crippen LogP contribution in [0.1, 0.15) is 58.9 Å². The van der Waals surface area contributed by atoms with Crippen LogP contribution in [-0.4, -0.2) is 54.3 Å². The number of piperidine rings is 2. The zero-order valence-corrected chi connectivity index (χ0v) is 19.9. The van der Waals surface area contributed by atoms with Crippen LogP contribution >= 0.6 is 0 Å². The van der Waals surface area contributed by atoms with E-state index in [9.17, 15) is 18.0 Å². The molecular weight excluding hydrogens is 430 g/mol. The smallest absolute Gasteiger partial charge is 0.408 e. The molecule has 0 N–H and O–H groups in total. The molecule has 0 saturated carbocycles. The van der Waals surface area contributed by atoms with Gasteiger partial charge in [0.05, 0.1) is 10.4 Å². The van der Waals surface area contributed by atoms with Crippen molar-refractivity contribution in [2.75, 3.05) is 26.2 Å². The molecule has 0 radical (unpaired) electrons. The van der Waals surface area contributed by atoms with E-state index in [0.29, 0.717) is 43.8 Å². The number of nitrogens with zero attached hydrogens (tertiary/aromatic N) is 3. The molecule has 2 aliphatic heterocycles. The van der Waals surface area contributed by atoms with E-state index in [1.54, 1.807) is 12.1 Å². The van der Waals surface area contributed by atoms with Crippen LogP contribution in [0.2, 0.25) is 0 Å². The second-order valence-electron chi connectivity index (χ2n) is 9.58. The number of fused-ring (bicyclic) bond motifs is 1. The largest absolute Gasteiger partial charge is 0.420 e. The fourth-order valence-electron chi connectivity index (χ4n) is 4.80. The number of hydrogen-bond acceptors (Lipinski definition) is 5. The van der Waals surface area contributed by atoms with Gasteiger partial charge in [-0.15, -0.1) is 0 Å². The summed E-state index contributed by atoms with van der Waals surface area (Å²) in [4.78, 5) is 26.8. The van der Waals surface area contributed by atoms with Crippen LogP contribution in [-0.2, 0) is 14.8 Å². The first-order valence-electron chi connectivity index (χ1n) is 11.6. The number of likely N-dealkylation sites (tertiary alicyclic amines) is 1. The van der Waals surface area contributed by atoms with Crippen molar-refractivity contribution in [2.24, 2.45) is 11.8 Å². The van der Waals surface area contributed by atoms with Crippen LogP contribution in [0.3, 0.4) is 0 Å². The molecular formula is C23H33N3O5S. The average molecular weight is 464 g/mol. The number of carbonyl (C=O) groups excluding carboxylic acids is 1. The topological polar surface area (TPSA) is 92.8 Å². The van der Waals surface area contributed by atoms with Gasteiger partial charge in [-0.25, -0.2) is 13.2 Å². The molecule has 2 aromatic rings. The molecule has 176 valence electrons. The average Bonchev–Trinajstić information content (AvgIpc) is 3.09. The van der Waals surface area contributed by atoms with Gasteiger partial charge in [-0.05, 0) is 63.5 Å². The van der Waals surface area contributed by atoms with E-state index >= 15 is 0 Å². The summed E-state index contributed by atoms with van der Waals surface area (Å²) in [6.45, 7) is 8.44. The number of amides is 1. The third-order valence-corrected chi connectivity index (χ3v) is 8.81. The molecule has 2 saturated heterocycles. The molecule has 0 spiro atoms. The highest BCUT2D eigenvalue weighted by Crippen LogP contribution is 2.29. The van der Waals surface area contributed by atoms with Gasteiger partial charge in [0.2, 0.25) is 15.9 Å². The Hall–Kier alpha value is -2.13. The molecule has 0 aliphatic carbocycles. The number of sulfonamides is 1. The first-order valence-corrected chi connectivity index (χ1v) is 13.0. The lowest BCUT2D eigenvalue weighted by atomic mass is 9.93. The Labute approximate surface area is 189 Å². The second-order valence-corrected chi connectivity index (χ2v) is 11.5. The van der Waals surface area contributed by atoms with E-state index < -0.39 is 15.8 Å². The van der Waals surface area contributed by atoms with Crippen LogP contribution < -0.4 is 5.76 Å². The minimum atomic E-state index is -3.69. The van der Waals surface area contributed by atoms with Gasteiger partial charge in [-0.2, -0.15) is 4.31 Å². The zero-order chi connectivity index (χ0) is 23.0. The Morgan fingerprint density at radius 3 is 2.38 bits per heavy atom. The Morgan fingerprint density at radius 1 is 1.09 bits per heavy atom. The summed E-state index contributed by atoms with van der Waals surface area (Å²) in [5, 5.41) is 0. The summed E-state index contributed by atoms with van der Waals surface area (Å²) in [6, 6.07) is 4.54. The van der Waals surface area contributed by atoms with Crippen LogP contribution in [0.5, 0.6) is 0 Å². The number of oxazole rings is 1. The molecule has 2 aliphatic rings. The first-order chi connectivity index (χ1) is 15.2. The molecule has 2 fully saturated rings. The molecule has 1 amide bonds. The lowest BCUT2D eigenvalue weighted by molar-refractivity contribution is -0.133. The van der Waals surface area contributed by atoms with E-state index in [1.807, 2.05) is 18.7 Å². The van der Waals surface area contributed by atoms with Crippen molar-refractivity contribution in [2.45, 2.75) is 63.8 Å². The van der Waals surface area contributed by atoms with E-state index in [1.165, 1.54) is 14.9 Å².